The number of hydrogen-bond donors (Lipinski definition) is 3. The van der Waals surface area contributed by atoms with E-state index in [4.69, 9.17) is 25.2 Å². The molecular formula is C15H24IN3O5. The number of halogens is 1. The molecule has 0 saturated carbocycles. The quantitative estimate of drug-likeness (QED) is 0.262. The van der Waals surface area contributed by atoms with Gasteiger partial charge in [-0.3, -0.25) is 0 Å². The molecule has 1 aromatic carbocycles. The van der Waals surface area contributed by atoms with Crippen molar-refractivity contribution in [1.29, 1.82) is 0 Å². The molecule has 0 fully saturated rings. The zero-order chi connectivity index (χ0) is 17.2. The SMILES string of the molecule is COc1cccc2c1N(C)CC=C2NCCCCO.I.O=[N+]([O-])O. The predicted octanol–water partition coefficient (Wildman–Crippen LogP) is 2.12. The summed E-state index contributed by atoms with van der Waals surface area (Å²) in [6.07, 6.45) is 4.01. The lowest BCUT2D eigenvalue weighted by Crippen LogP contribution is -2.27. The second-order valence-corrected chi connectivity index (χ2v) is 4.95. The van der Waals surface area contributed by atoms with Crippen molar-refractivity contribution in [1.82, 2.24) is 5.32 Å². The van der Waals surface area contributed by atoms with Crippen molar-refractivity contribution in [3.63, 3.8) is 0 Å². The average Bonchev–Trinajstić information content (AvgIpc) is 2.52. The number of hydrogen-bond acceptors (Lipinski definition) is 6. The van der Waals surface area contributed by atoms with Gasteiger partial charge in [0.1, 0.15) is 5.75 Å². The number of anilines is 1. The zero-order valence-corrected chi connectivity index (χ0v) is 16.1. The van der Waals surface area contributed by atoms with Crippen LogP contribution in [0.15, 0.2) is 24.3 Å². The summed E-state index contributed by atoms with van der Waals surface area (Å²) in [5.41, 5.74) is 3.47. The van der Waals surface area contributed by atoms with Gasteiger partial charge in [0, 0.05) is 38.0 Å². The molecule has 2 rings (SSSR count). The molecule has 1 aliphatic rings. The molecule has 3 N–H and O–H groups in total. The van der Waals surface area contributed by atoms with Crippen molar-refractivity contribution in [2.75, 3.05) is 38.8 Å². The third-order valence-electron chi connectivity index (χ3n) is 3.36. The summed E-state index contributed by atoms with van der Waals surface area (Å²) < 4.78 is 5.44. The molecule has 0 aliphatic carbocycles. The van der Waals surface area contributed by atoms with Crippen LogP contribution in [0.2, 0.25) is 0 Å². The van der Waals surface area contributed by atoms with Crippen molar-refractivity contribution in [2.24, 2.45) is 0 Å². The molecule has 0 spiro atoms. The molecule has 1 aromatic rings. The number of aliphatic hydroxyl groups excluding tert-OH is 1. The minimum Gasteiger partial charge on any atom is -0.495 e. The number of nitrogens with zero attached hydrogens (tertiary/aromatic N) is 2. The van der Waals surface area contributed by atoms with Gasteiger partial charge < -0.3 is 25.3 Å². The summed E-state index contributed by atoms with van der Waals surface area (Å²) >= 11 is 0. The van der Waals surface area contributed by atoms with E-state index < -0.39 is 5.09 Å². The van der Waals surface area contributed by atoms with Gasteiger partial charge in [0.2, 0.25) is 0 Å². The topological polar surface area (TPSA) is 108 Å². The van der Waals surface area contributed by atoms with Gasteiger partial charge in [0.15, 0.2) is 0 Å². The molecule has 8 nitrogen and oxygen atoms in total. The van der Waals surface area contributed by atoms with Gasteiger partial charge in [-0.1, -0.05) is 12.1 Å². The van der Waals surface area contributed by atoms with E-state index in [1.165, 1.54) is 5.56 Å². The van der Waals surface area contributed by atoms with E-state index in [0.29, 0.717) is 0 Å². The van der Waals surface area contributed by atoms with Crippen LogP contribution < -0.4 is 15.0 Å². The first-order chi connectivity index (χ1) is 11.0. The summed E-state index contributed by atoms with van der Waals surface area (Å²) in [4.78, 5) is 10.5. The van der Waals surface area contributed by atoms with Crippen molar-refractivity contribution in [3.8, 4) is 5.75 Å². The van der Waals surface area contributed by atoms with Gasteiger partial charge in [0.05, 0.1) is 12.8 Å². The maximum atomic E-state index is 8.80. The molecule has 0 radical (unpaired) electrons. The number of benzene rings is 1. The molecule has 0 aromatic heterocycles. The van der Waals surface area contributed by atoms with Crippen LogP contribution in [0.4, 0.5) is 5.69 Å². The molecule has 1 aliphatic heterocycles. The van der Waals surface area contributed by atoms with E-state index in [1.54, 1.807) is 7.11 Å². The summed E-state index contributed by atoms with van der Waals surface area (Å²) in [6, 6.07) is 6.11. The predicted molar refractivity (Wildman–Crippen MR) is 103 cm³/mol. The molecule has 1 heterocycles. The van der Waals surface area contributed by atoms with Crippen LogP contribution in [-0.4, -0.2) is 49.3 Å². The zero-order valence-electron chi connectivity index (χ0n) is 13.8. The molecule has 24 heavy (non-hydrogen) atoms. The Kier molecular flexibility index (Phi) is 10.9. The number of para-hydroxylation sites is 1. The van der Waals surface area contributed by atoms with E-state index in [2.05, 4.69) is 29.4 Å². The number of nitrogens with one attached hydrogen (secondary N) is 1. The highest BCUT2D eigenvalue weighted by Gasteiger charge is 2.19. The fraction of sp³-hybridized carbons (Fsp3) is 0.467. The first-order valence-electron chi connectivity index (χ1n) is 7.28. The molecule has 0 unspecified atom stereocenters. The molecule has 9 heteroatoms. The first kappa shape index (κ1) is 22.2. The molecule has 136 valence electrons. The largest absolute Gasteiger partial charge is 0.495 e. The number of unbranched alkanes of at least 4 members (excludes halogenated alkanes) is 1. The van der Waals surface area contributed by atoms with Crippen molar-refractivity contribution < 1.29 is 20.1 Å². The number of fused-ring (bicyclic) bond motifs is 1. The van der Waals surface area contributed by atoms with Gasteiger partial charge in [-0.2, -0.15) is 0 Å². The van der Waals surface area contributed by atoms with Crippen LogP contribution in [0.5, 0.6) is 5.75 Å². The summed E-state index contributed by atoms with van der Waals surface area (Å²) in [7, 11) is 3.77. The maximum Gasteiger partial charge on any atom is 0.291 e. The molecule has 0 atom stereocenters. The molecule has 0 amide bonds. The van der Waals surface area contributed by atoms with E-state index >= 15 is 0 Å². The minimum atomic E-state index is -1.50. The Balaban J connectivity index is 0.000000954. The number of ether oxygens (including phenoxy) is 1. The highest BCUT2D eigenvalue weighted by Crippen LogP contribution is 2.37. The minimum absolute atomic E-state index is 0. The van der Waals surface area contributed by atoms with Crippen molar-refractivity contribution in [2.45, 2.75) is 12.8 Å². The number of aliphatic hydroxyl groups is 1. The van der Waals surface area contributed by atoms with Crippen LogP contribution in [0.1, 0.15) is 18.4 Å². The van der Waals surface area contributed by atoms with E-state index in [9.17, 15) is 0 Å². The highest BCUT2D eigenvalue weighted by atomic mass is 127. The summed E-state index contributed by atoms with van der Waals surface area (Å²) in [6.45, 7) is 2.01. The maximum absolute atomic E-state index is 8.80. The smallest absolute Gasteiger partial charge is 0.291 e. The average molecular weight is 453 g/mol. The van der Waals surface area contributed by atoms with Crippen LogP contribution in [0, 0.1) is 10.1 Å². The second kappa shape index (κ2) is 11.7. The van der Waals surface area contributed by atoms with Crippen LogP contribution in [-0.2, 0) is 0 Å². The van der Waals surface area contributed by atoms with Gasteiger partial charge in [-0.15, -0.1) is 34.1 Å². The summed E-state index contributed by atoms with van der Waals surface area (Å²) in [5, 5.41) is 25.9. The Morgan fingerprint density at radius 1 is 1.42 bits per heavy atom. The lowest BCUT2D eigenvalue weighted by Gasteiger charge is -2.29. The Bertz CT molecular complexity index is 550. The van der Waals surface area contributed by atoms with Gasteiger partial charge in [0.25, 0.3) is 5.09 Å². The van der Waals surface area contributed by atoms with Crippen LogP contribution >= 0.6 is 24.0 Å². The standard InChI is InChI=1S/C15H22N2O2.HI.HNO3/c1-17-10-8-13(16-9-3-4-11-18)12-6-5-7-14(19-2)15(12)17;;2-1(3)4/h5-8,16,18H,3-4,9-11H2,1-2H3;1H;(H,2,3,4). The van der Waals surface area contributed by atoms with Gasteiger partial charge in [-0.05, 0) is 25.0 Å². The lowest BCUT2D eigenvalue weighted by atomic mass is 10.0. The molecular weight excluding hydrogens is 429 g/mol. The second-order valence-electron chi connectivity index (χ2n) is 4.95. The van der Waals surface area contributed by atoms with Crippen molar-refractivity contribution in [3.05, 3.63) is 40.0 Å². The summed E-state index contributed by atoms with van der Waals surface area (Å²) in [5.74, 6) is 0.905. The third kappa shape index (κ3) is 6.79. The van der Waals surface area contributed by atoms with Gasteiger partial charge >= 0.3 is 0 Å². The number of rotatable bonds is 6. The van der Waals surface area contributed by atoms with Crippen molar-refractivity contribution >= 4 is 35.4 Å². The highest BCUT2D eigenvalue weighted by molar-refractivity contribution is 14.0. The van der Waals surface area contributed by atoms with E-state index in [0.717, 1.165) is 43.1 Å². The lowest BCUT2D eigenvalue weighted by molar-refractivity contribution is -0.742. The monoisotopic (exact) mass is 453 g/mol. The third-order valence-corrected chi connectivity index (χ3v) is 3.36. The Morgan fingerprint density at radius 3 is 2.67 bits per heavy atom. The van der Waals surface area contributed by atoms with E-state index in [1.807, 2.05) is 12.1 Å². The molecule has 0 saturated heterocycles. The van der Waals surface area contributed by atoms with Crippen LogP contribution in [0.3, 0.4) is 0 Å². The number of methoxy groups -OCH3 is 1. The first-order valence-corrected chi connectivity index (χ1v) is 7.28. The number of likely N-dealkylation sites (N-methyl/N-ethyl adjacent to an activating group) is 1. The van der Waals surface area contributed by atoms with E-state index in [-0.39, 0.29) is 30.6 Å². The fourth-order valence-electron chi connectivity index (χ4n) is 2.35. The van der Waals surface area contributed by atoms with Crippen LogP contribution in [0.25, 0.3) is 5.70 Å². The normalized spacial score (nSPS) is 12.0. The molecule has 0 bridgehead atoms. The Labute approximate surface area is 158 Å². The Hall–Kier alpha value is -1.75. The Morgan fingerprint density at radius 2 is 2.08 bits per heavy atom. The fourth-order valence-corrected chi connectivity index (χ4v) is 2.35. The van der Waals surface area contributed by atoms with Gasteiger partial charge in [-0.25, -0.2) is 0 Å².